The molecule has 0 spiro atoms. The highest BCUT2D eigenvalue weighted by molar-refractivity contribution is 6.04. The molecule has 8 atom stereocenters. The van der Waals surface area contributed by atoms with Crippen LogP contribution in [0.15, 0.2) is 11.6 Å². The van der Waals surface area contributed by atoms with Crippen LogP contribution in [0.5, 0.6) is 0 Å². The Balaban J connectivity index is 1.53. The number of rotatable bonds is 6. The van der Waals surface area contributed by atoms with Crippen LogP contribution in [0.4, 0.5) is 0 Å². The fraction of sp³-hybridized carbons (Fsp3) is 0.861. The smallest absolute Gasteiger partial charge is 0.312 e. The number of ketones is 1. The summed E-state index contributed by atoms with van der Waals surface area (Å²) >= 11 is 0. The Morgan fingerprint density at radius 1 is 0.929 bits per heavy atom. The summed E-state index contributed by atoms with van der Waals surface area (Å²) < 4.78 is 10.7. The van der Waals surface area contributed by atoms with E-state index < -0.39 is 16.7 Å². The maximum Gasteiger partial charge on any atom is 0.312 e. The highest BCUT2D eigenvalue weighted by atomic mass is 16.5. The number of allylic oxidation sites excluding steroid dienone is 2. The number of carbonyl (C=O) groups is 3. The summed E-state index contributed by atoms with van der Waals surface area (Å²) in [5, 5.41) is 3.07. The Morgan fingerprint density at radius 2 is 1.62 bits per heavy atom. The van der Waals surface area contributed by atoms with E-state index in [4.69, 9.17) is 9.47 Å². The Labute approximate surface area is 254 Å². The molecule has 5 aliphatic rings. The number of amides is 1. The molecule has 42 heavy (non-hydrogen) atoms. The highest BCUT2D eigenvalue weighted by Crippen LogP contribution is 2.75. The van der Waals surface area contributed by atoms with Crippen LogP contribution < -0.4 is 5.32 Å². The minimum atomic E-state index is -0.609. The number of carbonyl (C=O) groups excluding carboxylic acids is 3. The quantitative estimate of drug-likeness (QED) is 0.159. The number of Topliss-reactive ketones (excluding diaryl/α,β-unsaturated/α-hetero) is 1. The normalized spacial score (nSPS) is 43.5. The highest BCUT2D eigenvalue weighted by Gasteiger charge is 2.70. The van der Waals surface area contributed by atoms with Gasteiger partial charge < -0.3 is 14.8 Å². The van der Waals surface area contributed by atoms with Crippen LogP contribution in [0.1, 0.15) is 113 Å². The number of nitrogens with one attached hydrogen (secondary N) is 1. The van der Waals surface area contributed by atoms with E-state index in [1.165, 1.54) is 5.57 Å². The molecule has 6 nitrogen and oxygen atoms in total. The van der Waals surface area contributed by atoms with E-state index in [9.17, 15) is 14.4 Å². The van der Waals surface area contributed by atoms with Crippen molar-refractivity contribution >= 4 is 17.7 Å². The minimum Gasteiger partial charge on any atom is -0.469 e. The van der Waals surface area contributed by atoms with Crippen molar-refractivity contribution in [2.24, 2.45) is 56.2 Å². The fourth-order valence-corrected chi connectivity index (χ4v) is 11.6. The van der Waals surface area contributed by atoms with Gasteiger partial charge in [0, 0.05) is 25.7 Å². The first-order valence-corrected chi connectivity index (χ1v) is 16.6. The molecular weight excluding hydrogens is 526 g/mol. The number of methoxy groups -OCH3 is 2. The third-order valence-electron chi connectivity index (χ3n) is 14.1. The molecule has 1 N–H and O–H groups in total. The number of ether oxygens (including phenoxy) is 2. The number of fused-ring (bicyclic) bond motifs is 7. The molecule has 236 valence electrons. The van der Waals surface area contributed by atoms with Gasteiger partial charge >= 0.3 is 5.97 Å². The van der Waals surface area contributed by atoms with Crippen LogP contribution >= 0.6 is 0 Å². The summed E-state index contributed by atoms with van der Waals surface area (Å²) in [4.78, 5) is 40.9. The lowest BCUT2D eigenvalue weighted by Crippen LogP contribution is -2.66. The zero-order valence-corrected chi connectivity index (χ0v) is 27.9. The van der Waals surface area contributed by atoms with Gasteiger partial charge in [-0.3, -0.25) is 14.4 Å². The van der Waals surface area contributed by atoms with Crippen LogP contribution in [0, 0.1) is 56.2 Å². The molecule has 4 fully saturated rings. The third-order valence-corrected chi connectivity index (χ3v) is 14.1. The van der Waals surface area contributed by atoms with Gasteiger partial charge in [0.25, 0.3) is 0 Å². The second-order valence-corrected chi connectivity index (χ2v) is 16.8. The molecule has 0 radical (unpaired) electrons. The maximum atomic E-state index is 13.9. The largest absolute Gasteiger partial charge is 0.469 e. The van der Waals surface area contributed by atoms with Crippen molar-refractivity contribution in [2.75, 3.05) is 27.4 Å². The van der Waals surface area contributed by atoms with Gasteiger partial charge in [0.1, 0.15) is 0 Å². The molecule has 4 unspecified atom stereocenters. The van der Waals surface area contributed by atoms with Crippen LogP contribution in [0.2, 0.25) is 0 Å². The molecule has 0 saturated heterocycles. The van der Waals surface area contributed by atoms with E-state index in [0.717, 1.165) is 57.8 Å². The van der Waals surface area contributed by atoms with Gasteiger partial charge in [-0.15, -0.1) is 0 Å². The zero-order valence-electron chi connectivity index (χ0n) is 27.9. The first-order valence-electron chi connectivity index (χ1n) is 16.6. The van der Waals surface area contributed by atoms with E-state index >= 15 is 0 Å². The second-order valence-electron chi connectivity index (χ2n) is 16.8. The SMILES string of the molecule is COCCCNC(=O)C1C[C@@]2(C)C(CC[C@]3(C)C2CC=C2C4CC(C)(C)CC[C@]4(C(=O)OC)CC[C@]23C)C(C)(C)C1=O. The molecule has 5 rings (SSSR count). The molecule has 0 heterocycles. The fourth-order valence-electron chi connectivity index (χ4n) is 11.6. The predicted octanol–water partition coefficient (Wildman–Crippen LogP) is 6.91. The summed E-state index contributed by atoms with van der Waals surface area (Å²) in [6.07, 6.45) is 11.8. The van der Waals surface area contributed by atoms with Crippen LogP contribution in [0.3, 0.4) is 0 Å². The molecular formula is C36H57NO5. The summed E-state index contributed by atoms with van der Waals surface area (Å²) in [5.74, 6) is 0.211. The standard InChI is InChI=1S/C36H57NO5/c1-31(2)15-17-36(30(40)42-9)18-16-34(6)24(25(36)22-31)11-12-27-33(5)21-23(29(39)37-19-10-20-41-8)28(38)32(3,4)26(33)13-14-35(27,34)7/h11,23,25-27H,10,12-22H2,1-9H3,(H,37,39)/t23?,25?,26?,27?,33-,34+,35+,36-/m0/s1. The maximum absolute atomic E-state index is 13.9. The van der Waals surface area contributed by atoms with Crippen molar-refractivity contribution in [3.63, 3.8) is 0 Å². The van der Waals surface area contributed by atoms with Crippen molar-refractivity contribution in [2.45, 2.75) is 113 Å². The van der Waals surface area contributed by atoms with E-state index in [1.807, 2.05) is 0 Å². The van der Waals surface area contributed by atoms with E-state index in [2.05, 4.69) is 59.9 Å². The Bertz CT molecular complexity index is 1160. The molecule has 5 aliphatic carbocycles. The molecule has 6 heteroatoms. The Kier molecular flexibility index (Phi) is 7.89. The Morgan fingerprint density at radius 3 is 2.29 bits per heavy atom. The van der Waals surface area contributed by atoms with Gasteiger partial charge in [-0.2, -0.15) is 0 Å². The topological polar surface area (TPSA) is 81.7 Å². The van der Waals surface area contributed by atoms with Crippen molar-refractivity contribution in [3.8, 4) is 0 Å². The van der Waals surface area contributed by atoms with E-state index in [1.54, 1.807) is 14.2 Å². The first kappa shape index (κ1) is 31.7. The summed E-state index contributed by atoms with van der Waals surface area (Å²) in [6.45, 7) is 17.5. The average Bonchev–Trinajstić information content (AvgIpc) is 2.92. The summed E-state index contributed by atoms with van der Waals surface area (Å²) in [7, 11) is 3.23. The van der Waals surface area contributed by atoms with E-state index in [0.29, 0.717) is 25.5 Å². The van der Waals surface area contributed by atoms with Crippen LogP contribution in [0.25, 0.3) is 0 Å². The summed E-state index contributed by atoms with van der Waals surface area (Å²) in [5.41, 5.74) is 0.614. The minimum absolute atomic E-state index is 0.0132. The van der Waals surface area contributed by atoms with Gasteiger partial charge in [0.2, 0.25) is 5.91 Å². The predicted molar refractivity (Wildman–Crippen MR) is 164 cm³/mol. The molecule has 0 bridgehead atoms. The van der Waals surface area contributed by atoms with Gasteiger partial charge in [-0.1, -0.05) is 60.1 Å². The lowest BCUT2D eigenvalue weighted by atomic mass is 9.33. The van der Waals surface area contributed by atoms with Crippen molar-refractivity contribution in [3.05, 3.63) is 11.6 Å². The van der Waals surface area contributed by atoms with Crippen LogP contribution in [-0.4, -0.2) is 45.0 Å². The molecule has 0 aliphatic heterocycles. The lowest BCUT2D eigenvalue weighted by molar-refractivity contribution is -0.196. The van der Waals surface area contributed by atoms with E-state index in [-0.39, 0.29) is 51.2 Å². The third kappa shape index (κ3) is 4.38. The van der Waals surface area contributed by atoms with Crippen molar-refractivity contribution in [1.82, 2.24) is 5.32 Å². The summed E-state index contributed by atoms with van der Waals surface area (Å²) in [6, 6.07) is 0. The zero-order chi connectivity index (χ0) is 30.9. The second kappa shape index (κ2) is 10.4. The molecule has 0 aromatic carbocycles. The van der Waals surface area contributed by atoms with Gasteiger partial charge in [-0.05, 0) is 104 Å². The monoisotopic (exact) mass is 583 g/mol. The van der Waals surface area contributed by atoms with Crippen molar-refractivity contribution in [1.29, 1.82) is 0 Å². The van der Waals surface area contributed by atoms with Gasteiger partial charge in [0.05, 0.1) is 18.4 Å². The average molecular weight is 584 g/mol. The van der Waals surface area contributed by atoms with Crippen LogP contribution in [-0.2, 0) is 23.9 Å². The molecule has 4 saturated carbocycles. The van der Waals surface area contributed by atoms with Gasteiger partial charge in [-0.25, -0.2) is 0 Å². The molecule has 0 aromatic heterocycles. The molecule has 1 amide bonds. The Hall–Kier alpha value is -1.69. The number of hydrogen-bond donors (Lipinski definition) is 1. The number of hydrogen-bond acceptors (Lipinski definition) is 5. The molecule has 0 aromatic rings. The lowest BCUT2D eigenvalue weighted by Gasteiger charge is -2.71. The number of esters is 1. The van der Waals surface area contributed by atoms with Gasteiger partial charge in [0.15, 0.2) is 5.78 Å². The van der Waals surface area contributed by atoms with Crippen molar-refractivity contribution < 1.29 is 23.9 Å². The first-order chi connectivity index (χ1) is 19.5.